The van der Waals surface area contributed by atoms with Crippen molar-refractivity contribution in [3.8, 4) is 0 Å². The molecule has 9 nitrogen and oxygen atoms in total. The van der Waals surface area contributed by atoms with Gasteiger partial charge in [0, 0.05) is 45.5 Å². The Kier molecular flexibility index (Phi) is 5.22. The third-order valence-electron chi connectivity index (χ3n) is 6.22. The number of piperazine rings is 1. The zero-order chi connectivity index (χ0) is 22.2. The molecule has 1 saturated heterocycles. The number of hydrogen-bond donors (Lipinski definition) is 2. The average Bonchev–Trinajstić information content (AvgIpc) is 3.49. The first-order valence-electron chi connectivity index (χ1n) is 10.7. The van der Waals surface area contributed by atoms with E-state index in [9.17, 15) is 14.0 Å². The van der Waals surface area contributed by atoms with Crippen LogP contribution in [0.5, 0.6) is 0 Å². The summed E-state index contributed by atoms with van der Waals surface area (Å²) in [6.45, 7) is 2.90. The molecule has 0 radical (unpaired) electrons. The van der Waals surface area contributed by atoms with Crippen LogP contribution in [-0.4, -0.2) is 69.7 Å². The van der Waals surface area contributed by atoms with Gasteiger partial charge in [-0.3, -0.25) is 14.5 Å². The molecule has 1 atom stereocenters. The summed E-state index contributed by atoms with van der Waals surface area (Å²) in [4.78, 5) is 34.9. The minimum absolute atomic E-state index is 0.0701. The van der Waals surface area contributed by atoms with E-state index in [0.717, 1.165) is 31.5 Å². The molecule has 1 aliphatic heterocycles. The molecule has 0 bridgehead atoms. The average molecular weight is 437 g/mol. The zero-order valence-electron chi connectivity index (χ0n) is 17.7. The highest BCUT2D eigenvalue weighted by Gasteiger charge is 2.28. The number of carbonyl (C=O) groups is 1. The minimum atomic E-state index is -0.627. The lowest BCUT2D eigenvalue weighted by Gasteiger charge is -2.38. The number of halogens is 1. The molecule has 1 amide bonds. The monoisotopic (exact) mass is 437 g/mol. The molecule has 4 heterocycles. The third kappa shape index (κ3) is 3.66. The van der Waals surface area contributed by atoms with E-state index in [2.05, 4.69) is 31.4 Å². The first-order chi connectivity index (χ1) is 15.5. The van der Waals surface area contributed by atoms with E-state index in [1.807, 2.05) is 4.90 Å². The number of allylic oxidation sites excluding steroid dienone is 1. The Balaban J connectivity index is 1.26. The molecule has 1 aliphatic carbocycles. The smallest absolute Gasteiger partial charge is 0.275 e. The van der Waals surface area contributed by atoms with Gasteiger partial charge < -0.3 is 15.2 Å². The van der Waals surface area contributed by atoms with E-state index in [1.54, 1.807) is 35.0 Å². The number of carbonyl (C=O) groups excluding carboxylic acids is 1. The molecule has 10 heteroatoms. The first kappa shape index (κ1) is 20.4. The summed E-state index contributed by atoms with van der Waals surface area (Å²) >= 11 is 0. The van der Waals surface area contributed by atoms with Crippen LogP contribution in [0, 0.1) is 5.95 Å². The molecule has 2 N–H and O–H groups in total. The van der Waals surface area contributed by atoms with Crippen molar-refractivity contribution in [3.63, 3.8) is 0 Å². The summed E-state index contributed by atoms with van der Waals surface area (Å²) < 4.78 is 16.1. The van der Waals surface area contributed by atoms with Gasteiger partial charge in [-0.25, -0.2) is 9.50 Å². The summed E-state index contributed by atoms with van der Waals surface area (Å²) in [5, 5.41) is 6.98. The Morgan fingerprint density at radius 2 is 2.03 bits per heavy atom. The van der Waals surface area contributed by atoms with E-state index in [4.69, 9.17) is 0 Å². The Hall–Kier alpha value is -3.53. The van der Waals surface area contributed by atoms with Crippen molar-refractivity contribution in [2.24, 2.45) is 0 Å². The molecule has 32 heavy (non-hydrogen) atoms. The van der Waals surface area contributed by atoms with Gasteiger partial charge in [0.05, 0.1) is 5.69 Å². The molecule has 3 aromatic heterocycles. The maximum absolute atomic E-state index is 14.5. The van der Waals surface area contributed by atoms with E-state index >= 15 is 0 Å². The van der Waals surface area contributed by atoms with Crippen molar-refractivity contribution >= 4 is 22.7 Å². The van der Waals surface area contributed by atoms with Crippen molar-refractivity contribution in [1.82, 2.24) is 29.8 Å². The summed E-state index contributed by atoms with van der Waals surface area (Å²) in [6.07, 6.45) is 5.76. The lowest BCUT2D eigenvalue weighted by Crippen LogP contribution is -2.49. The Morgan fingerprint density at radius 1 is 1.22 bits per heavy atom. The Labute approximate surface area is 183 Å². The number of nitrogens with one attached hydrogen (secondary N) is 2. The second-order valence-corrected chi connectivity index (χ2v) is 8.05. The standard InChI is InChI=1S/C22H24FN7O2/c1-24-21(31)16-6-7-17(19(23)25-16)29-11-9-28(10-12-29)15-5-4-14(13-15)20-26-22(32)18-3-2-8-30(18)27-20/h2-3,6-8,13,15H,4-5,9-12H2,1H3,(H,24,31)(H,26,27,32). The van der Waals surface area contributed by atoms with Gasteiger partial charge in [-0.1, -0.05) is 6.08 Å². The number of rotatable bonds is 4. The Bertz CT molecular complexity index is 1260. The van der Waals surface area contributed by atoms with Crippen molar-refractivity contribution < 1.29 is 9.18 Å². The maximum atomic E-state index is 14.5. The van der Waals surface area contributed by atoms with E-state index in [-0.39, 0.29) is 17.3 Å². The molecular weight excluding hydrogens is 413 g/mol. The summed E-state index contributed by atoms with van der Waals surface area (Å²) in [5.41, 5.74) is 1.92. The predicted molar refractivity (Wildman–Crippen MR) is 118 cm³/mol. The fourth-order valence-electron chi connectivity index (χ4n) is 4.49. The van der Waals surface area contributed by atoms with Gasteiger partial charge in [-0.05, 0) is 42.7 Å². The number of amides is 1. The number of hydrogen-bond acceptors (Lipinski definition) is 6. The van der Waals surface area contributed by atoms with Gasteiger partial charge in [0.2, 0.25) is 5.95 Å². The third-order valence-corrected chi connectivity index (χ3v) is 6.22. The quantitative estimate of drug-likeness (QED) is 0.597. The SMILES string of the molecule is CNC(=O)c1ccc(N2CCN(C3C=C(c4nn5cccc5c(=O)[nH]4)CC3)CC2)c(F)n1. The number of fused-ring (bicyclic) bond motifs is 1. The molecule has 5 rings (SSSR count). The lowest BCUT2D eigenvalue weighted by molar-refractivity contribution is 0.0957. The number of nitrogens with zero attached hydrogens (tertiary/aromatic N) is 5. The Morgan fingerprint density at radius 3 is 2.78 bits per heavy atom. The van der Waals surface area contributed by atoms with Gasteiger partial charge >= 0.3 is 0 Å². The van der Waals surface area contributed by atoms with Crippen molar-refractivity contribution in [3.05, 3.63) is 64.4 Å². The van der Waals surface area contributed by atoms with E-state index < -0.39 is 11.9 Å². The lowest BCUT2D eigenvalue weighted by atomic mass is 10.2. The molecule has 1 fully saturated rings. The second-order valence-electron chi connectivity index (χ2n) is 8.05. The van der Waals surface area contributed by atoms with Gasteiger partial charge in [-0.2, -0.15) is 4.39 Å². The van der Waals surface area contributed by atoms with Crippen LogP contribution in [0.3, 0.4) is 0 Å². The zero-order valence-corrected chi connectivity index (χ0v) is 17.7. The summed E-state index contributed by atoms with van der Waals surface area (Å²) in [6, 6.07) is 6.97. The van der Waals surface area contributed by atoms with Crippen LogP contribution in [0.1, 0.15) is 29.2 Å². The van der Waals surface area contributed by atoms with Crippen LogP contribution in [0.2, 0.25) is 0 Å². The molecular formula is C22H24FN7O2. The van der Waals surface area contributed by atoms with Crippen LogP contribution in [0.25, 0.3) is 11.1 Å². The summed E-state index contributed by atoms with van der Waals surface area (Å²) in [5.74, 6) is -0.418. The molecule has 3 aromatic rings. The number of aromatic amines is 1. The summed E-state index contributed by atoms with van der Waals surface area (Å²) in [7, 11) is 1.49. The van der Waals surface area contributed by atoms with Crippen LogP contribution < -0.4 is 15.8 Å². The fourth-order valence-corrected chi connectivity index (χ4v) is 4.49. The van der Waals surface area contributed by atoms with Gasteiger partial charge in [0.1, 0.15) is 11.2 Å². The van der Waals surface area contributed by atoms with Crippen LogP contribution in [0.4, 0.5) is 10.1 Å². The first-order valence-corrected chi connectivity index (χ1v) is 10.7. The molecule has 166 valence electrons. The number of pyridine rings is 1. The molecule has 0 aromatic carbocycles. The van der Waals surface area contributed by atoms with Crippen LogP contribution >= 0.6 is 0 Å². The number of aromatic nitrogens is 4. The van der Waals surface area contributed by atoms with Crippen LogP contribution in [0.15, 0.2) is 41.3 Å². The molecule has 1 unspecified atom stereocenters. The van der Waals surface area contributed by atoms with Gasteiger partial charge in [0.15, 0.2) is 5.82 Å². The largest absolute Gasteiger partial charge is 0.365 e. The topological polar surface area (TPSA) is 98.6 Å². The normalized spacial score (nSPS) is 19.4. The van der Waals surface area contributed by atoms with E-state index in [1.165, 1.54) is 7.05 Å². The van der Waals surface area contributed by atoms with Crippen molar-refractivity contribution in [2.45, 2.75) is 18.9 Å². The molecule has 0 spiro atoms. The second kappa shape index (κ2) is 8.19. The van der Waals surface area contributed by atoms with Gasteiger partial charge in [-0.15, -0.1) is 5.10 Å². The highest BCUT2D eigenvalue weighted by molar-refractivity contribution is 5.92. The van der Waals surface area contributed by atoms with Crippen LogP contribution in [-0.2, 0) is 0 Å². The van der Waals surface area contributed by atoms with E-state index in [0.29, 0.717) is 30.1 Å². The number of anilines is 1. The highest BCUT2D eigenvalue weighted by Crippen LogP contribution is 2.29. The van der Waals surface area contributed by atoms with Crippen molar-refractivity contribution in [1.29, 1.82) is 0 Å². The maximum Gasteiger partial charge on any atom is 0.275 e. The fraction of sp³-hybridized carbons (Fsp3) is 0.364. The molecule has 0 saturated carbocycles. The minimum Gasteiger partial charge on any atom is -0.365 e. The van der Waals surface area contributed by atoms with Gasteiger partial charge in [0.25, 0.3) is 11.5 Å². The number of H-pyrrole nitrogens is 1. The molecule has 2 aliphatic rings. The highest BCUT2D eigenvalue weighted by atomic mass is 19.1. The van der Waals surface area contributed by atoms with Crippen molar-refractivity contribution in [2.75, 3.05) is 38.1 Å². The predicted octanol–water partition coefficient (Wildman–Crippen LogP) is 1.28.